The Labute approximate surface area is 150 Å². The number of nitrogens with zero attached hydrogens (tertiary/aromatic N) is 1. The van der Waals surface area contributed by atoms with Crippen LogP contribution in [0.15, 0.2) is 18.2 Å². The number of aliphatic carboxylic acids is 1. The van der Waals surface area contributed by atoms with Crippen LogP contribution in [-0.4, -0.2) is 60.3 Å². The lowest BCUT2D eigenvalue weighted by Crippen LogP contribution is -2.45. The number of carbonyl (C=O) groups excluding carboxylic acids is 2. The molecular weight excluding hydrogens is 342 g/mol. The number of ether oxygens (including phenoxy) is 2. The molecule has 1 aromatic carbocycles. The largest absolute Gasteiger partial charge is 0.490 e. The fraction of sp³-hybridized carbons (Fsp3) is 0.471. The average Bonchev–Trinajstić information content (AvgIpc) is 2.91. The van der Waals surface area contributed by atoms with E-state index in [-0.39, 0.29) is 6.54 Å². The van der Waals surface area contributed by atoms with Crippen molar-refractivity contribution in [3.8, 4) is 11.5 Å². The van der Waals surface area contributed by atoms with E-state index in [2.05, 4.69) is 10.6 Å². The highest BCUT2D eigenvalue weighted by Gasteiger charge is 2.31. The number of nitrogens with one attached hydrogen (secondary N) is 2. The predicted octanol–water partition coefficient (Wildman–Crippen LogP) is 1.04. The molecule has 0 saturated carbocycles. The van der Waals surface area contributed by atoms with Crippen molar-refractivity contribution >= 4 is 23.6 Å². The Kier molecular flexibility index (Phi) is 5.57. The molecule has 26 heavy (non-hydrogen) atoms. The summed E-state index contributed by atoms with van der Waals surface area (Å²) in [5, 5.41) is 13.9. The van der Waals surface area contributed by atoms with Gasteiger partial charge in [-0.3, -0.25) is 19.8 Å². The van der Waals surface area contributed by atoms with Gasteiger partial charge in [0.15, 0.2) is 11.5 Å². The van der Waals surface area contributed by atoms with Crippen LogP contribution < -0.4 is 20.1 Å². The summed E-state index contributed by atoms with van der Waals surface area (Å²) in [6.07, 6.45) is 2.00. The van der Waals surface area contributed by atoms with Crippen LogP contribution in [0.2, 0.25) is 0 Å². The molecule has 0 aromatic heterocycles. The van der Waals surface area contributed by atoms with Gasteiger partial charge in [-0.25, -0.2) is 4.79 Å². The number of anilines is 1. The zero-order valence-corrected chi connectivity index (χ0v) is 14.2. The Morgan fingerprint density at radius 3 is 2.69 bits per heavy atom. The number of imide groups is 1. The molecule has 2 heterocycles. The lowest BCUT2D eigenvalue weighted by atomic mass is 10.2. The van der Waals surface area contributed by atoms with Crippen LogP contribution in [0.5, 0.6) is 11.5 Å². The molecule has 1 fully saturated rings. The zero-order chi connectivity index (χ0) is 18.5. The van der Waals surface area contributed by atoms with Crippen LogP contribution >= 0.6 is 0 Å². The van der Waals surface area contributed by atoms with Crippen LogP contribution in [0.25, 0.3) is 0 Å². The Morgan fingerprint density at radius 1 is 1.15 bits per heavy atom. The highest BCUT2D eigenvalue weighted by molar-refractivity contribution is 6.02. The molecule has 3 N–H and O–H groups in total. The number of carbonyl (C=O) groups is 3. The molecule has 1 aromatic rings. The van der Waals surface area contributed by atoms with Crippen molar-refractivity contribution in [2.45, 2.75) is 25.3 Å². The Morgan fingerprint density at radius 2 is 1.92 bits per heavy atom. The standard InChI is InChI=1S/C17H21N3O6/c21-15(10-20-6-1-3-12(20)16(22)23)19-17(24)18-11-4-5-13-14(9-11)26-8-2-7-25-13/h4-5,9,12H,1-3,6-8,10H2,(H,22,23)(H2,18,19,21,24)/t12-/m1/s1. The summed E-state index contributed by atoms with van der Waals surface area (Å²) in [4.78, 5) is 36.7. The lowest BCUT2D eigenvalue weighted by Gasteiger charge is -2.20. The van der Waals surface area contributed by atoms with Crippen molar-refractivity contribution in [2.75, 3.05) is 31.6 Å². The number of hydrogen-bond donors (Lipinski definition) is 3. The van der Waals surface area contributed by atoms with Gasteiger partial charge in [-0.1, -0.05) is 0 Å². The number of rotatable bonds is 4. The highest BCUT2D eigenvalue weighted by Crippen LogP contribution is 2.32. The monoisotopic (exact) mass is 363 g/mol. The molecule has 9 nitrogen and oxygen atoms in total. The summed E-state index contributed by atoms with van der Waals surface area (Å²) >= 11 is 0. The molecule has 0 radical (unpaired) electrons. The van der Waals surface area contributed by atoms with Crippen molar-refractivity contribution in [1.82, 2.24) is 10.2 Å². The van der Waals surface area contributed by atoms with E-state index < -0.39 is 23.9 Å². The zero-order valence-electron chi connectivity index (χ0n) is 14.2. The summed E-state index contributed by atoms with van der Waals surface area (Å²) in [7, 11) is 0. The first-order valence-electron chi connectivity index (χ1n) is 8.50. The number of hydrogen-bond acceptors (Lipinski definition) is 6. The minimum Gasteiger partial charge on any atom is -0.490 e. The van der Waals surface area contributed by atoms with Crippen molar-refractivity contribution in [3.63, 3.8) is 0 Å². The van der Waals surface area contributed by atoms with E-state index in [1.165, 1.54) is 0 Å². The maximum absolute atomic E-state index is 12.0. The second-order valence-corrected chi connectivity index (χ2v) is 6.18. The third-order valence-electron chi connectivity index (χ3n) is 4.25. The normalized spacial score (nSPS) is 19.5. The SMILES string of the molecule is O=C(CN1CCC[C@@H]1C(=O)O)NC(=O)Nc1ccc2c(c1)OCCCO2. The molecule has 3 rings (SSSR count). The summed E-state index contributed by atoms with van der Waals surface area (Å²) in [6, 6.07) is 3.62. The Bertz CT molecular complexity index is 708. The van der Waals surface area contributed by atoms with Crippen molar-refractivity contribution in [3.05, 3.63) is 18.2 Å². The van der Waals surface area contributed by atoms with Gasteiger partial charge >= 0.3 is 12.0 Å². The second kappa shape index (κ2) is 8.05. The van der Waals surface area contributed by atoms with Gasteiger partial charge in [0.25, 0.3) is 0 Å². The Hall–Kier alpha value is -2.81. The van der Waals surface area contributed by atoms with E-state index in [0.717, 1.165) is 6.42 Å². The number of fused-ring (bicyclic) bond motifs is 1. The average molecular weight is 363 g/mol. The molecule has 140 valence electrons. The number of urea groups is 1. The van der Waals surface area contributed by atoms with E-state index in [4.69, 9.17) is 14.6 Å². The smallest absolute Gasteiger partial charge is 0.325 e. The van der Waals surface area contributed by atoms with Crippen LogP contribution in [0.4, 0.5) is 10.5 Å². The summed E-state index contributed by atoms with van der Waals surface area (Å²) in [6.45, 7) is 1.49. The van der Waals surface area contributed by atoms with Gasteiger partial charge < -0.3 is 19.9 Å². The number of amides is 3. The molecule has 0 bridgehead atoms. The molecule has 0 aliphatic carbocycles. The van der Waals surface area contributed by atoms with Crippen LogP contribution in [0.1, 0.15) is 19.3 Å². The van der Waals surface area contributed by atoms with Crippen LogP contribution in [-0.2, 0) is 9.59 Å². The number of likely N-dealkylation sites (tertiary alicyclic amines) is 1. The molecule has 1 saturated heterocycles. The van der Waals surface area contributed by atoms with Crippen molar-refractivity contribution < 1.29 is 29.0 Å². The summed E-state index contributed by atoms with van der Waals surface area (Å²) < 4.78 is 11.1. The second-order valence-electron chi connectivity index (χ2n) is 6.18. The van der Waals surface area contributed by atoms with Crippen LogP contribution in [0, 0.1) is 0 Å². The van der Waals surface area contributed by atoms with Crippen molar-refractivity contribution in [2.24, 2.45) is 0 Å². The van der Waals surface area contributed by atoms with Crippen molar-refractivity contribution in [1.29, 1.82) is 0 Å². The predicted molar refractivity (Wildman–Crippen MR) is 91.4 cm³/mol. The van der Waals surface area contributed by atoms with E-state index in [1.807, 2.05) is 0 Å². The lowest BCUT2D eigenvalue weighted by molar-refractivity contribution is -0.142. The fourth-order valence-corrected chi connectivity index (χ4v) is 3.05. The molecule has 9 heteroatoms. The summed E-state index contributed by atoms with van der Waals surface area (Å²) in [5.41, 5.74) is 0.462. The molecule has 3 amide bonds. The maximum Gasteiger partial charge on any atom is 0.325 e. The number of carboxylic acid groups (broad SMARTS) is 1. The minimum absolute atomic E-state index is 0.133. The van der Waals surface area contributed by atoms with Gasteiger partial charge in [0, 0.05) is 18.2 Å². The first kappa shape index (κ1) is 18.0. The van der Waals surface area contributed by atoms with Gasteiger partial charge in [-0.05, 0) is 31.5 Å². The molecule has 2 aliphatic rings. The third-order valence-corrected chi connectivity index (χ3v) is 4.25. The fourth-order valence-electron chi connectivity index (χ4n) is 3.05. The molecule has 0 unspecified atom stereocenters. The van der Waals surface area contributed by atoms with Gasteiger partial charge in [0.05, 0.1) is 19.8 Å². The van der Waals surface area contributed by atoms with Crippen LogP contribution in [0.3, 0.4) is 0 Å². The Balaban J connectivity index is 1.53. The van der Waals surface area contributed by atoms with E-state index >= 15 is 0 Å². The van der Waals surface area contributed by atoms with E-state index in [1.54, 1.807) is 23.1 Å². The molecular formula is C17H21N3O6. The molecule has 2 aliphatic heterocycles. The van der Waals surface area contributed by atoms with E-state index in [9.17, 15) is 14.4 Å². The topological polar surface area (TPSA) is 117 Å². The van der Waals surface area contributed by atoms with E-state index in [0.29, 0.717) is 49.8 Å². The first-order valence-corrected chi connectivity index (χ1v) is 8.50. The number of benzene rings is 1. The minimum atomic E-state index is -0.952. The summed E-state index contributed by atoms with van der Waals surface area (Å²) in [5.74, 6) is -0.358. The third kappa shape index (κ3) is 4.42. The van der Waals surface area contributed by atoms with Gasteiger partial charge in [-0.2, -0.15) is 0 Å². The number of carboxylic acids is 1. The first-order chi connectivity index (χ1) is 12.5. The molecule has 0 spiro atoms. The van der Waals surface area contributed by atoms with Gasteiger partial charge in [-0.15, -0.1) is 0 Å². The van der Waals surface area contributed by atoms with Gasteiger partial charge in [0.2, 0.25) is 5.91 Å². The quantitative estimate of drug-likeness (QED) is 0.732. The maximum atomic E-state index is 12.0. The highest BCUT2D eigenvalue weighted by atomic mass is 16.5. The van der Waals surface area contributed by atoms with Gasteiger partial charge in [0.1, 0.15) is 6.04 Å². The molecule has 1 atom stereocenters.